The number of amides is 1. The Balaban J connectivity index is 2.22. The van der Waals surface area contributed by atoms with E-state index in [9.17, 15) is 14.7 Å². The van der Waals surface area contributed by atoms with Gasteiger partial charge in [0.15, 0.2) is 0 Å². The fourth-order valence-corrected chi connectivity index (χ4v) is 1.95. The number of alkyl carbamates (subject to hydrolysis) is 1. The van der Waals surface area contributed by atoms with Gasteiger partial charge < -0.3 is 15.2 Å². The Hall–Kier alpha value is -1.56. The molecule has 90 valence electrons. The van der Waals surface area contributed by atoms with Gasteiger partial charge in [-0.3, -0.25) is 0 Å². The minimum Gasteiger partial charge on any atom is -0.478 e. The Morgan fingerprint density at radius 3 is 2.59 bits per heavy atom. The maximum absolute atomic E-state index is 11.2. The Labute approximate surface area is 106 Å². The molecule has 1 aliphatic rings. The van der Waals surface area contributed by atoms with E-state index in [0.717, 1.165) is 10.0 Å². The van der Waals surface area contributed by atoms with Gasteiger partial charge >= 0.3 is 12.1 Å². The molecule has 1 aliphatic heterocycles. The van der Waals surface area contributed by atoms with Gasteiger partial charge in [-0.05, 0) is 17.7 Å². The molecule has 2 N–H and O–H groups in total. The Bertz CT molecular complexity index is 459. The number of carbonyl (C=O) groups is 2. The van der Waals surface area contributed by atoms with E-state index in [2.05, 4.69) is 21.2 Å². The molecule has 0 aliphatic carbocycles. The van der Waals surface area contributed by atoms with Crippen LogP contribution in [-0.2, 0) is 16.0 Å². The lowest BCUT2D eigenvalue weighted by Gasteiger charge is -2.21. The van der Waals surface area contributed by atoms with Crippen molar-refractivity contribution >= 4 is 28.0 Å². The van der Waals surface area contributed by atoms with Crippen LogP contribution in [0.2, 0.25) is 0 Å². The molecule has 1 aromatic rings. The number of carboxylic acid groups (broad SMARTS) is 1. The molecule has 17 heavy (non-hydrogen) atoms. The van der Waals surface area contributed by atoms with Crippen molar-refractivity contribution < 1.29 is 19.4 Å². The highest BCUT2D eigenvalue weighted by Crippen LogP contribution is 2.23. The van der Waals surface area contributed by atoms with E-state index >= 15 is 0 Å². The standard InChI is InChI=1S/C11H10BrNO4/c12-8-3-1-7(2-4-8)5-11(9(14)15)6-13-10(16)17-11/h1-4H,5-6H2,(H,13,16)(H,14,15). The highest BCUT2D eigenvalue weighted by Gasteiger charge is 2.47. The first-order chi connectivity index (χ1) is 8.02. The zero-order valence-electron chi connectivity index (χ0n) is 8.77. The maximum atomic E-state index is 11.2. The van der Waals surface area contributed by atoms with E-state index in [1.807, 2.05) is 12.1 Å². The molecule has 1 aromatic carbocycles. The SMILES string of the molecule is O=C1NCC(Cc2ccc(Br)cc2)(C(=O)O)O1. The molecule has 1 fully saturated rings. The smallest absolute Gasteiger partial charge is 0.408 e. The van der Waals surface area contributed by atoms with E-state index in [1.165, 1.54) is 0 Å². The fraction of sp³-hybridized carbons (Fsp3) is 0.273. The Morgan fingerprint density at radius 1 is 1.47 bits per heavy atom. The third kappa shape index (κ3) is 2.41. The first-order valence-electron chi connectivity index (χ1n) is 4.96. The lowest BCUT2D eigenvalue weighted by molar-refractivity contribution is -0.154. The van der Waals surface area contributed by atoms with Gasteiger partial charge in [-0.25, -0.2) is 9.59 Å². The van der Waals surface area contributed by atoms with Gasteiger partial charge in [0.05, 0.1) is 6.54 Å². The minimum absolute atomic E-state index is 0.0166. The van der Waals surface area contributed by atoms with E-state index in [0.29, 0.717) is 0 Å². The second kappa shape index (κ2) is 4.37. The predicted molar refractivity (Wildman–Crippen MR) is 62.7 cm³/mol. The molecule has 0 aromatic heterocycles. The van der Waals surface area contributed by atoms with Crippen LogP contribution in [0.5, 0.6) is 0 Å². The first-order valence-corrected chi connectivity index (χ1v) is 5.76. The third-order valence-electron chi connectivity index (χ3n) is 2.60. The van der Waals surface area contributed by atoms with Gasteiger partial charge in [0.1, 0.15) is 0 Å². The molecule has 1 amide bonds. The third-order valence-corrected chi connectivity index (χ3v) is 3.13. The van der Waals surface area contributed by atoms with Crippen LogP contribution in [-0.4, -0.2) is 29.3 Å². The van der Waals surface area contributed by atoms with Crippen LogP contribution in [0.3, 0.4) is 0 Å². The fourth-order valence-electron chi connectivity index (χ4n) is 1.69. The minimum atomic E-state index is -1.50. The molecule has 5 nitrogen and oxygen atoms in total. The molecule has 0 spiro atoms. The molecule has 0 bridgehead atoms. The molecular formula is C11H10BrNO4. The van der Waals surface area contributed by atoms with Crippen LogP contribution >= 0.6 is 15.9 Å². The van der Waals surface area contributed by atoms with Gasteiger partial charge in [-0.15, -0.1) is 0 Å². The predicted octanol–water partition coefficient (Wildman–Crippen LogP) is 1.55. The average molecular weight is 300 g/mol. The summed E-state index contributed by atoms with van der Waals surface area (Å²) in [7, 11) is 0. The Kier molecular flexibility index (Phi) is 3.06. The normalized spacial score (nSPS) is 23.0. The summed E-state index contributed by atoms with van der Waals surface area (Å²) in [6, 6.07) is 7.21. The summed E-state index contributed by atoms with van der Waals surface area (Å²) in [4.78, 5) is 22.2. The van der Waals surface area contributed by atoms with Crippen molar-refractivity contribution in [2.24, 2.45) is 0 Å². The zero-order valence-corrected chi connectivity index (χ0v) is 10.4. The van der Waals surface area contributed by atoms with Crippen molar-refractivity contribution in [2.75, 3.05) is 6.54 Å². The number of hydrogen-bond acceptors (Lipinski definition) is 3. The summed E-state index contributed by atoms with van der Waals surface area (Å²) < 4.78 is 5.79. The van der Waals surface area contributed by atoms with Gasteiger partial charge in [0, 0.05) is 10.9 Å². The lowest BCUT2D eigenvalue weighted by Crippen LogP contribution is -2.44. The zero-order chi connectivity index (χ0) is 12.5. The topological polar surface area (TPSA) is 75.6 Å². The molecule has 0 saturated carbocycles. The summed E-state index contributed by atoms with van der Waals surface area (Å²) in [6.07, 6.45) is -0.543. The van der Waals surface area contributed by atoms with Crippen molar-refractivity contribution in [2.45, 2.75) is 12.0 Å². The summed E-state index contributed by atoms with van der Waals surface area (Å²) in [5, 5.41) is 11.5. The van der Waals surface area contributed by atoms with Crippen LogP contribution in [0, 0.1) is 0 Å². The number of benzene rings is 1. The van der Waals surface area contributed by atoms with Crippen LogP contribution in [0.1, 0.15) is 5.56 Å². The van der Waals surface area contributed by atoms with E-state index < -0.39 is 17.7 Å². The molecule has 0 radical (unpaired) electrons. The van der Waals surface area contributed by atoms with Crippen LogP contribution in [0.4, 0.5) is 4.79 Å². The van der Waals surface area contributed by atoms with E-state index in [1.54, 1.807) is 12.1 Å². The number of carbonyl (C=O) groups excluding carboxylic acids is 1. The van der Waals surface area contributed by atoms with E-state index in [-0.39, 0.29) is 13.0 Å². The molecule has 2 rings (SSSR count). The second-order valence-electron chi connectivity index (χ2n) is 3.85. The highest BCUT2D eigenvalue weighted by molar-refractivity contribution is 9.10. The molecule has 1 heterocycles. The quantitative estimate of drug-likeness (QED) is 0.888. The number of rotatable bonds is 3. The van der Waals surface area contributed by atoms with Crippen LogP contribution in [0.15, 0.2) is 28.7 Å². The summed E-state index contributed by atoms with van der Waals surface area (Å²) in [6.45, 7) is -0.0166. The van der Waals surface area contributed by atoms with E-state index in [4.69, 9.17) is 4.74 Å². The first kappa shape index (κ1) is 11.9. The summed E-state index contributed by atoms with van der Waals surface area (Å²) >= 11 is 3.30. The number of nitrogens with one attached hydrogen (secondary N) is 1. The Morgan fingerprint density at radius 2 is 2.12 bits per heavy atom. The molecule has 6 heteroatoms. The molecule has 1 unspecified atom stereocenters. The van der Waals surface area contributed by atoms with Crippen molar-refractivity contribution in [1.29, 1.82) is 0 Å². The van der Waals surface area contributed by atoms with Crippen molar-refractivity contribution in [3.05, 3.63) is 34.3 Å². The van der Waals surface area contributed by atoms with Crippen molar-refractivity contribution in [3.63, 3.8) is 0 Å². The summed E-state index contributed by atoms with van der Waals surface area (Å²) in [5.74, 6) is -1.14. The van der Waals surface area contributed by atoms with Crippen molar-refractivity contribution in [1.82, 2.24) is 5.32 Å². The van der Waals surface area contributed by atoms with Gasteiger partial charge in [-0.1, -0.05) is 28.1 Å². The van der Waals surface area contributed by atoms with Gasteiger partial charge in [-0.2, -0.15) is 0 Å². The number of hydrogen-bond donors (Lipinski definition) is 2. The molecular weight excluding hydrogens is 290 g/mol. The number of halogens is 1. The maximum Gasteiger partial charge on any atom is 0.408 e. The number of aliphatic carboxylic acids is 1. The average Bonchev–Trinajstić information content (AvgIpc) is 2.65. The van der Waals surface area contributed by atoms with Gasteiger partial charge in [0.2, 0.25) is 5.60 Å². The lowest BCUT2D eigenvalue weighted by atomic mass is 9.95. The number of ether oxygens (including phenoxy) is 1. The molecule has 1 atom stereocenters. The van der Waals surface area contributed by atoms with Crippen LogP contribution in [0.25, 0.3) is 0 Å². The summed E-state index contributed by atoms with van der Waals surface area (Å²) in [5.41, 5.74) is -0.697. The van der Waals surface area contributed by atoms with Crippen LogP contribution < -0.4 is 5.32 Å². The monoisotopic (exact) mass is 299 g/mol. The number of cyclic esters (lactones) is 1. The largest absolute Gasteiger partial charge is 0.478 e. The number of carboxylic acids is 1. The highest BCUT2D eigenvalue weighted by atomic mass is 79.9. The van der Waals surface area contributed by atoms with Crippen molar-refractivity contribution in [3.8, 4) is 0 Å². The second-order valence-corrected chi connectivity index (χ2v) is 4.76. The molecule has 1 saturated heterocycles. The van der Waals surface area contributed by atoms with Gasteiger partial charge in [0.25, 0.3) is 0 Å².